The molecule has 1 saturated heterocycles. The number of anilines is 2. The summed E-state index contributed by atoms with van der Waals surface area (Å²) in [6.07, 6.45) is 7.00. The van der Waals surface area contributed by atoms with Gasteiger partial charge in [-0.05, 0) is 60.0 Å². The van der Waals surface area contributed by atoms with Gasteiger partial charge in [0.05, 0.1) is 5.00 Å². The molecule has 4 rings (SSSR count). The molecule has 1 fully saturated rings. The fourth-order valence-corrected chi connectivity index (χ4v) is 4.72. The molecule has 0 atom stereocenters. The smallest absolute Gasteiger partial charge is 0.224 e. The Labute approximate surface area is 165 Å². The van der Waals surface area contributed by atoms with E-state index in [1.54, 1.807) is 0 Å². The summed E-state index contributed by atoms with van der Waals surface area (Å²) in [7, 11) is 0. The number of hydrogen-bond acceptors (Lipinski definition) is 4. The predicted molar refractivity (Wildman–Crippen MR) is 115 cm³/mol. The van der Waals surface area contributed by atoms with Gasteiger partial charge in [0.1, 0.15) is 0 Å². The number of hydrogen-bond donors (Lipinski definition) is 1. The first kappa shape index (κ1) is 18.3. The lowest BCUT2D eigenvalue weighted by molar-refractivity contribution is -0.116. The molecule has 0 bridgehead atoms. The molecule has 27 heavy (non-hydrogen) atoms. The first-order chi connectivity index (χ1) is 13.2. The van der Waals surface area contributed by atoms with Crippen LogP contribution in [-0.4, -0.2) is 43.5 Å². The van der Waals surface area contributed by atoms with Gasteiger partial charge in [-0.3, -0.25) is 9.69 Å². The summed E-state index contributed by atoms with van der Waals surface area (Å²) >= 11 is 1.86. The zero-order valence-electron chi connectivity index (χ0n) is 15.9. The SMILES string of the molecule is Cc1csc(N2CCN(CCC=Cc3ccc4c(c3)CCC(=O)N4)CC2)c1. The van der Waals surface area contributed by atoms with Crippen molar-refractivity contribution in [3.63, 3.8) is 0 Å². The number of amides is 1. The molecular weight excluding hydrogens is 354 g/mol. The molecule has 2 aromatic rings. The number of carbonyl (C=O) groups is 1. The second kappa shape index (κ2) is 8.28. The van der Waals surface area contributed by atoms with Crippen molar-refractivity contribution in [3.8, 4) is 0 Å². The predicted octanol–water partition coefficient (Wildman–Crippen LogP) is 4.17. The minimum atomic E-state index is 0.125. The van der Waals surface area contributed by atoms with Crippen LogP contribution in [-0.2, 0) is 11.2 Å². The Bertz CT molecular complexity index is 834. The molecular formula is C22H27N3OS. The Morgan fingerprint density at radius 2 is 2.00 bits per heavy atom. The molecule has 1 N–H and O–H groups in total. The number of fused-ring (bicyclic) bond motifs is 1. The van der Waals surface area contributed by atoms with Gasteiger partial charge in [-0.1, -0.05) is 18.2 Å². The number of carbonyl (C=O) groups excluding carboxylic acids is 1. The highest BCUT2D eigenvalue weighted by Gasteiger charge is 2.17. The minimum absolute atomic E-state index is 0.125. The van der Waals surface area contributed by atoms with E-state index < -0.39 is 0 Å². The average Bonchev–Trinajstić information content (AvgIpc) is 3.12. The van der Waals surface area contributed by atoms with Crippen LogP contribution < -0.4 is 10.2 Å². The van der Waals surface area contributed by atoms with Gasteiger partial charge in [-0.25, -0.2) is 0 Å². The molecule has 4 nitrogen and oxygen atoms in total. The lowest BCUT2D eigenvalue weighted by atomic mass is 10.00. The molecule has 2 aliphatic heterocycles. The lowest BCUT2D eigenvalue weighted by Gasteiger charge is -2.35. The Balaban J connectivity index is 1.23. The number of thiophene rings is 1. The number of benzene rings is 1. The third kappa shape index (κ3) is 4.60. The van der Waals surface area contributed by atoms with Crippen LogP contribution in [0.3, 0.4) is 0 Å². The Hall–Kier alpha value is -2.11. The summed E-state index contributed by atoms with van der Waals surface area (Å²) < 4.78 is 0. The molecule has 1 aromatic carbocycles. The van der Waals surface area contributed by atoms with Crippen LogP contribution in [0.2, 0.25) is 0 Å². The van der Waals surface area contributed by atoms with Crippen LogP contribution in [0.4, 0.5) is 10.7 Å². The van der Waals surface area contributed by atoms with E-state index in [9.17, 15) is 4.79 Å². The van der Waals surface area contributed by atoms with Crippen molar-refractivity contribution < 1.29 is 4.79 Å². The molecule has 1 aromatic heterocycles. The molecule has 2 aliphatic rings. The average molecular weight is 382 g/mol. The first-order valence-electron chi connectivity index (χ1n) is 9.79. The molecule has 142 valence electrons. The van der Waals surface area contributed by atoms with Gasteiger partial charge in [-0.2, -0.15) is 0 Å². The van der Waals surface area contributed by atoms with Gasteiger partial charge in [0.2, 0.25) is 5.91 Å². The monoisotopic (exact) mass is 381 g/mol. The van der Waals surface area contributed by atoms with Crippen LogP contribution in [0, 0.1) is 6.92 Å². The molecule has 3 heterocycles. The van der Waals surface area contributed by atoms with Crippen LogP contribution in [0.15, 0.2) is 35.7 Å². The van der Waals surface area contributed by atoms with Crippen LogP contribution in [0.5, 0.6) is 0 Å². The van der Waals surface area contributed by atoms with E-state index in [0.29, 0.717) is 6.42 Å². The van der Waals surface area contributed by atoms with Gasteiger partial charge >= 0.3 is 0 Å². The maximum absolute atomic E-state index is 11.4. The molecule has 0 saturated carbocycles. The van der Waals surface area contributed by atoms with E-state index >= 15 is 0 Å². The highest BCUT2D eigenvalue weighted by Crippen LogP contribution is 2.26. The van der Waals surface area contributed by atoms with Crippen LogP contribution in [0.1, 0.15) is 29.5 Å². The third-order valence-electron chi connectivity index (χ3n) is 5.35. The Kier molecular flexibility index (Phi) is 5.60. The maximum atomic E-state index is 11.4. The normalized spacial score (nSPS) is 18.0. The summed E-state index contributed by atoms with van der Waals surface area (Å²) in [4.78, 5) is 16.5. The summed E-state index contributed by atoms with van der Waals surface area (Å²) in [5, 5.41) is 6.59. The number of nitrogens with one attached hydrogen (secondary N) is 1. The largest absolute Gasteiger partial charge is 0.361 e. The molecule has 0 unspecified atom stereocenters. The minimum Gasteiger partial charge on any atom is -0.361 e. The van der Waals surface area contributed by atoms with Gasteiger partial charge < -0.3 is 10.2 Å². The Morgan fingerprint density at radius 1 is 1.15 bits per heavy atom. The van der Waals surface area contributed by atoms with Crippen molar-refractivity contribution in [2.75, 3.05) is 42.9 Å². The zero-order chi connectivity index (χ0) is 18.6. The number of piperazine rings is 1. The number of nitrogens with zero attached hydrogens (tertiary/aromatic N) is 2. The molecule has 5 heteroatoms. The van der Waals surface area contributed by atoms with E-state index in [1.807, 2.05) is 17.4 Å². The second-order valence-electron chi connectivity index (χ2n) is 7.45. The molecule has 0 aliphatic carbocycles. The molecule has 0 spiro atoms. The summed E-state index contributed by atoms with van der Waals surface area (Å²) in [6, 6.07) is 8.61. The van der Waals surface area contributed by atoms with Crippen LogP contribution >= 0.6 is 11.3 Å². The van der Waals surface area contributed by atoms with Gasteiger partial charge in [0.15, 0.2) is 0 Å². The van der Waals surface area contributed by atoms with Gasteiger partial charge in [0, 0.05) is 44.8 Å². The zero-order valence-corrected chi connectivity index (χ0v) is 16.7. The third-order valence-corrected chi connectivity index (χ3v) is 6.45. The highest BCUT2D eigenvalue weighted by molar-refractivity contribution is 7.14. The van der Waals surface area contributed by atoms with Gasteiger partial charge in [-0.15, -0.1) is 11.3 Å². The lowest BCUT2D eigenvalue weighted by Crippen LogP contribution is -2.46. The summed E-state index contributed by atoms with van der Waals surface area (Å²) in [6.45, 7) is 7.82. The van der Waals surface area contributed by atoms with E-state index in [2.05, 4.69) is 57.8 Å². The summed E-state index contributed by atoms with van der Waals surface area (Å²) in [5.41, 5.74) is 4.81. The topological polar surface area (TPSA) is 35.6 Å². The fourth-order valence-electron chi connectivity index (χ4n) is 3.76. The van der Waals surface area contributed by atoms with Crippen LogP contribution in [0.25, 0.3) is 6.08 Å². The van der Waals surface area contributed by atoms with E-state index in [4.69, 9.17) is 0 Å². The van der Waals surface area contributed by atoms with Crippen molar-refractivity contribution in [1.82, 2.24) is 4.90 Å². The Morgan fingerprint density at radius 3 is 2.78 bits per heavy atom. The van der Waals surface area contributed by atoms with E-state index in [0.717, 1.165) is 51.3 Å². The summed E-state index contributed by atoms with van der Waals surface area (Å²) in [5.74, 6) is 0.125. The fraction of sp³-hybridized carbons (Fsp3) is 0.409. The van der Waals surface area contributed by atoms with Crippen molar-refractivity contribution in [1.29, 1.82) is 0 Å². The standard InChI is InChI=1S/C22H27N3OS/c1-17-14-22(27-16-17)25-12-10-24(11-13-25)9-3-2-4-18-5-7-20-19(15-18)6-8-21(26)23-20/h2,4-5,7,14-16H,3,6,8-13H2,1H3,(H,23,26). The second-order valence-corrected chi connectivity index (χ2v) is 8.34. The van der Waals surface area contributed by atoms with E-state index in [1.165, 1.54) is 21.7 Å². The number of aryl methyl sites for hydroxylation is 2. The molecule has 1 amide bonds. The van der Waals surface area contributed by atoms with Gasteiger partial charge in [0.25, 0.3) is 0 Å². The maximum Gasteiger partial charge on any atom is 0.224 e. The van der Waals surface area contributed by atoms with Crippen molar-refractivity contribution in [3.05, 3.63) is 52.4 Å². The quantitative estimate of drug-likeness (QED) is 0.844. The number of rotatable bonds is 5. The van der Waals surface area contributed by atoms with E-state index in [-0.39, 0.29) is 5.91 Å². The van der Waals surface area contributed by atoms with Crippen molar-refractivity contribution >= 4 is 34.0 Å². The molecule has 0 radical (unpaired) electrons. The highest BCUT2D eigenvalue weighted by atomic mass is 32.1. The van der Waals surface area contributed by atoms with Crippen molar-refractivity contribution in [2.24, 2.45) is 0 Å². The first-order valence-corrected chi connectivity index (χ1v) is 10.7. The van der Waals surface area contributed by atoms with Crippen molar-refractivity contribution in [2.45, 2.75) is 26.2 Å².